The van der Waals surface area contributed by atoms with Gasteiger partial charge in [-0.1, -0.05) is 114 Å². The summed E-state index contributed by atoms with van der Waals surface area (Å²) < 4.78 is 0. The second-order valence-electron chi connectivity index (χ2n) is 11.4. The molecule has 1 aliphatic carbocycles. The fraction of sp³-hybridized carbons (Fsp3) is 0.281. The van der Waals surface area contributed by atoms with E-state index < -0.39 is 5.41 Å². The van der Waals surface area contributed by atoms with Crippen molar-refractivity contribution in [2.24, 2.45) is 0 Å². The molecule has 1 aromatic heterocycles. The molecule has 0 saturated heterocycles. The third-order valence-electron chi connectivity index (χ3n) is 7.13. The zero-order valence-electron chi connectivity index (χ0n) is 20.6. The lowest BCUT2D eigenvalue weighted by Gasteiger charge is -2.34. The number of aromatic nitrogens is 1. The van der Waals surface area contributed by atoms with Crippen LogP contribution in [0.3, 0.4) is 0 Å². The molecular formula is C32H33N. The van der Waals surface area contributed by atoms with Crippen LogP contribution >= 0.6 is 0 Å². The van der Waals surface area contributed by atoms with Crippen molar-refractivity contribution in [2.75, 3.05) is 0 Å². The summed E-state index contributed by atoms with van der Waals surface area (Å²) in [4.78, 5) is 4.99. The number of hydrogen-bond acceptors (Lipinski definition) is 1. The van der Waals surface area contributed by atoms with Crippen LogP contribution in [0, 0.1) is 0 Å². The molecule has 1 aliphatic rings. The number of nitrogens with zero attached hydrogens (tertiary/aromatic N) is 1. The zero-order valence-corrected chi connectivity index (χ0v) is 20.6. The zero-order chi connectivity index (χ0) is 23.4. The molecule has 0 radical (unpaired) electrons. The van der Waals surface area contributed by atoms with Gasteiger partial charge in [-0.05, 0) is 61.9 Å². The van der Waals surface area contributed by atoms with Gasteiger partial charge in [-0.15, -0.1) is 0 Å². The third-order valence-corrected chi connectivity index (χ3v) is 7.13. The molecule has 0 amide bonds. The predicted octanol–water partition coefficient (Wildman–Crippen LogP) is 8.04. The summed E-state index contributed by atoms with van der Waals surface area (Å²) in [6.45, 7) is 13.7. The summed E-state index contributed by atoms with van der Waals surface area (Å²) in [5.41, 5.74) is 10.0. The van der Waals surface area contributed by atoms with Gasteiger partial charge in [0.05, 0.1) is 11.1 Å². The molecule has 0 unspecified atom stereocenters. The first-order valence-electron chi connectivity index (χ1n) is 11.9. The van der Waals surface area contributed by atoms with Crippen molar-refractivity contribution in [3.05, 3.63) is 125 Å². The highest BCUT2D eigenvalue weighted by atomic mass is 14.7. The van der Waals surface area contributed by atoms with Crippen LogP contribution in [0.15, 0.2) is 91.1 Å². The van der Waals surface area contributed by atoms with Crippen molar-refractivity contribution in [1.29, 1.82) is 0 Å². The fourth-order valence-corrected chi connectivity index (χ4v) is 5.26. The fourth-order valence-electron chi connectivity index (χ4n) is 5.26. The predicted molar refractivity (Wildman–Crippen MR) is 139 cm³/mol. The van der Waals surface area contributed by atoms with Crippen LogP contribution < -0.4 is 0 Å². The van der Waals surface area contributed by atoms with Gasteiger partial charge in [0.25, 0.3) is 0 Å². The SMILES string of the molecule is CC(C)(C)c1ccc2c(c1)C(c1ccccc1)(c1ccccn1)c1cc(C(C)(C)C)ccc1-2. The Morgan fingerprint density at radius 3 is 1.55 bits per heavy atom. The van der Waals surface area contributed by atoms with Gasteiger partial charge in [-0.3, -0.25) is 4.98 Å². The molecule has 4 aromatic rings. The van der Waals surface area contributed by atoms with E-state index in [1.54, 1.807) is 0 Å². The minimum absolute atomic E-state index is 0.0624. The number of rotatable bonds is 2. The lowest BCUT2D eigenvalue weighted by Crippen LogP contribution is -2.30. The van der Waals surface area contributed by atoms with E-state index in [-0.39, 0.29) is 10.8 Å². The lowest BCUT2D eigenvalue weighted by atomic mass is 9.68. The van der Waals surface area contributed by atoms with Crippen LogP contribution in [-0.4, -0.2) is 4.98 Å². The van der Waals surface area contributed by atoms with Gasteiger partial charge >= 0.3 is 0 Å². The van der Waals surface area contributed by atoms with Gasteiger partial charge in [0, 0.05) is 6.20 Å². The molecule has 3 aromatic carbocycles. The van der Waals surface area contributed by atoms with Crippen LogP contribution in [0.1, 0.15) is 75.1 Å². The molecule has 1 heteroatoms. The molecule has 0 fully saturated rings. The monoisotopic (exact) mass is 431 g/mol. The summed E-state index contributed by atoms with van der Waals surface area (Å²) >= 11 is 0. The quantitative estimate of drug-likeness (QED) is 0.275. The minimum atomic E-state index is -0.449. The van der Waals surface area contributed by atoms with E-state index in [0.717, 1.165) is 5.69 Å². The van der Waals surface area contributed by atoms with E-state index in [1.807, 2.05) is 12.3 Å². The largest absolute Gasteiger partial charge is 0.260 e. The molecular weight excluding hydrogens is 398 g/mol. The molecule has 1 heterocycles. The Hall–Kier alpha value is -3.19. The van der Waals surface area contributed by atoms with E-state index >= 15 is 0 Å². The molecule has 0 aliphatic heterocycles. The summed E-state index contributed by atoms with van der Waals surface area (Å²) in [5.74, 6) is 0. The smallest absolute Gasteiger partial charge is 0.0886 e. The van der Waals surface area contributed by atoms with Gasteiger partial charge in [0.1, 0.15) is 0 Å². The summed E-state index contributed by atoms with van der Waals surface area (Å²) in [6, 6.07) is 31.4. The van der Waals surface area contributed by atoms with Crippen LogP contribution in [0.25, 0.3) is 11.1 Å². The average molecular weight is 432 g/mol. The van der Waals surface area contributed by atoms with E-state index in [4.69, 9.17) is 4.98 Å². The average Bonchev–Trinajstić information content (AvgIpc) is 3.09. The second-order valence-corrected chi connectivity index (χ2v) is 11.4. The van der Waals surface area contributed by atoms with Crippen LogP contribution in [0.2, 0.25) is 0 Å². The molecule has 5 rings (SSSR count). The van der Waals surface area contributed by atoms with Crippen molar-refractivity contribution < 1.29 is 0 Å². The highest BCUT2D eigenvalue weighted by molar-refractivity contribution is 5.86. The standard InChI is InChI=1S/C32H33N/c1-30(2,3)23-15-17-25-26-18-16-24(31(4,5)6)21-28(26)32(27(25)20-23,22-12-8-7-9-13-22)29-14-10-11-19-33-29/h7-21H,1-6H3. The molecule has 0 saturated carbocycles. The van der Waals surface area contributed by atoms with Crippen molar-refractivity contribution in [3.63, 3.8) is 0 Å². The van der Waals surface area contributed by atoms with Crippen molar-refractivity contribution in [3.8, 4) is 11.1 Å². The number of benzene rings is 3. The van der Waals surface area contributed by atoms with E-state index in [2.05, 4.69) is 120 Å². The van der Waals surface area contributed by atoms with Gasteiger partial charge < -0.3 is 0 Å². The maximum Gasteiger partial charge on any atom is 0.0886 e. The highest BCUT2D eigenvalue weighted by Gasteiger charge is 2.47. The Morgan fingerprint density at radius 2 is 1.09 bits per heavy atom. The minimum Gasteiger partial charge on any atom is -0.260 e. The van der Waals surface area contributed by atoms with Gasteiger partial charge in [0.15, 0.2) is 0 Å². The Kier molecular flexibility index (Phi) is 4.86. The molecule has 0 bridgehead atoms. The Labute approximate surface area is 198 Å². The first-order chi connectivity index (χ1) is 15.6. The van der Waals surface area contributed by atoms with Crippen molar-refractivity contribution >= 4 is 0 Å². The summed E-state index contributed by atoms with van der Waals surface area (Å²) in [6.07, 6.45) is 1.93. The summed E-state index contributed by atoms with van der Waals surface area (Å²) in [7, 11) is 0. The molecule has 0 atom stereocenters. The molecule has 0 N–H and O–H groups in total. The maximum atomic E-state index is 4.99. The topological polar surface area (TPSA) is 12.9 Å². The van der Waals surface area contributed by atoms with Crippen molar-refractivity contribution in [2.45, 2.75) is 57.8 Å². The molecule has 0 spiro atoms. The highest BCUT2D eigenvalue weighted by Crippen LogP contribution is 2.56. The van der Waals surface area contributed by atoms with Crippen molar-refractivity contribution in [1.82, 2.24) is 4.98 Å². The molecule has 166 valence electrons. The Morgan fingerprint density at radius 1 is 0.576 bits per heavy atom. The first-order valence-corrected chi connectivity index (χ1v) is 11.9. The van der Waals surface area contributed by atoms with Crippen LogP contribution in [0.5, 0.6) is 0 Å². The van der Waals surface area contributed by atoms with Crippen LogP contribution in [0.4, 0.5) is 0 Å². The first kappa shape index (κ1) is 21.6. The molecule has 1 nitrogen and oxygen atoms in total. The second kappa shape index (κ2) is 7.42. The van der Waals surface area contributed by atoms with Crippen LogP contribution in [-0.2, 0) is 16.2 Å². The third kappa shape index (κ3) is 3.33. The van der Waals surface area contributed by atoms with Gasteiger partial charge in [-0.25, -0.2) is 0 Å². The van der Waals surface area contributed by atoms with E-state index in [0.29, 0.717) is 0 Å². The summed E-state index contributed by atoms with van der Waals surface area (Å²) in [5, 5.41) is 0. The number of pyridine rings is 1. The number of hydrogen-bond donors (Lipinski definition) is 0. The maximum absolute atomic E-state index is 4.99. The van der Waals surface area contributed by atoms with E-state index in [1.165, 1.54) is 38.9 Å². The number of fused-ring (bicyclic) bond motifs is 3. The molecule has 33 heavy (non-hydrogen) atoms. The lowest BCUT2D eigenvalue weighted by molar-refractivity contribution is 0.585. The van der Waals surface area contributed by atoms with E-state index in [9.17, 15) is 0 Å². The Bertz CT molecular complexity index is 1200. The van der Waals surface area contributed by atoms with Gasteiger partial charge in [0.2, 0.25) is 0 Å². The Balaban J connectivity index is 1.96. The van der Waals surface area contributed by atoms with Gasteiger partial charge in [-0.2, -0.15) is 0 Å². The normalized spacial score (nSPS) is 14.6.